The van der Waals surface area contributed by atoms with Crippen molar-refractivity contribution in [3.8, 4) is 6.07 Å². The summed E-state index contributed by atoms with van der Waals surface area (Å²) in [4.78, 5) is 2.37. The molecule has 136 valence electrons. The molecule has 0 fully saturated rings. The van der Waals surface area contributed by atoms with Crippen molar-refractivity contribution in [3.63, 3.8) is 0 Å². The molecule has 3 nitrogen and oxygen atoms in total. The average Bonchev–Trinajstić information content (AvgIpc) is 2.74. The molecule has 0 saturated carbocycles. The first kappa shape index (κ1) is 18.8. The van der Waals surface area contributed by atoms with Crippen molar-refractivity contribution in [2.24, 2.45) is 0 Å². The molecule has 3 heteroatoms. The molecule has 0 atom stereocenters. The van der Waals surface area contributed by atoms with E-state index in [1.165, 1.54) is 11.1 Å². The molecular formula is C24H24N2O. The summed E-state index contributed by atoms with van der Waals surface area (Å²) in [6.45, 7) is 1.64. The third-order valence-electron chi connectivity index (χ3n) is 4.64. The number of nitriles is 1. The van der Waals surface area contributed by atoms with Crippen molar-refractivity contribution >= 4 is 0 Å². The van der Waals surface area contributed by atoms with E-state index in [0.29, 0.717) is 18.5 Å². The van der Waals surface area contributed by atoms with Gasteiger partial charge < -0.3 is 5.11 Å². The molecule has 0 unspecified atom stereocenters. The molecule has 0 amide bonds. The van der Waals surface area contributed by atoms with Gasteiger partial charge in [0.15, 0.2) is 0 Å². The van der Waals surface area contributed by atoms with Crippen molar-refractivity contribution in [1.82, 2.24) is 4.90 Å². The Morgan fingerprint density at radius 1 is 0.852 bits per heavy atom. The molecule has 0 heterocycles. The van der Waals surface area contributed by atoms with E-state index < -0.39 is 0 Å². The van der Waals surface area contributed by atoms with Gasteiger partial charge in [0.2, 0.25) is 0 Å². The first-order chi connectivity index (χ1) is 13.3. The van der Waals surface area contributed by atoms with Gasteiger partial charge in [-0.05, 0) is 35.2 Å². The molecule has 3 aromatic rings. The Morgan fingerprint density at radius 2 is 1.48 bits per heavy atom. The van der Waals surface area contributed by atoms with Crippen LogP contribution in [0.5, 0.6) is 0 Å². The number of aliphatic hydroxyl groups is 1. The van der Waals surface area contributed by atoms with Crippen LogP contribution in [0.4, 0.5) is 0 Å². The van der Waals surface area contributed by atoms with Crippen molar-refractivity contribution < 1.29 is 5.11 Å². The molecule has 0 spiro atoms. The minimum atomic E-state index is 0.0877. The number of aliphatic hydroxyl groups excluding tert-OH is 1. The number of hydrogen-bond donors (Lipinski definition) is 1. The Balaban J connectivity index is 1.99. The fourth-order valence-corrected chi connectivity index (χ4v) is 3.43. The van der Waals surface area contributed by atoms with Crippen LogP contribution in [-0.4, -0.2) is 23.2 Å². The molecule has 0 aliphatic carbocycles. The zero-order valence-corrected chi connectivity index (χ0v) is 15.3. The van der Waals surface area contributed by atoms with Crippen LogP contribution < -0.4 is 0 Å². The second-order valence-corrected chi connectivity index (χ2v) is 6.58. The third kappa shape index (κ3) is 5.04. The van der Waals surface area contributed by atoms with Crippen molar-refractivity contribution in [2.45, 2.75) is 19.0 Å². The summed E-state index contributed by atoms with van der Waals surface area (Å²) in [5, 5.41) is 18.6. The quantitative estimate of drug-likeness (QED) is 0.645. The molecule has 0 aliphatic heterocycles. The lowest BCUT2D eigenvalue weighted by atomic mass is 9.96. The molecule has 27 heavy (non-hydrogen) atoms. The topological polar surface area (TPSA) is 47.3 Å². The maximum atomic E-state index is 9.42. The van der Waals surface area contributed by atoms with Gasteiger partial charge in [0.25, 0.3) is 0 Å². The molecule has 0 saturated heterocycles. The zero-order chi connectivity index (χ0) is 18.9. The van der Waals surface area contributed by atoms with Gasteiger partial charge in [-0.2, -0.15) is 5.26 Å². The summed E-state index contributed by atoms with van der Waals surface area (Å²) in [6.07, 6.45) is 0.702. The number of hydrogen-bond acceptors (Lipinski definition) is 3. The second kappa shape index (κ2) is 9.68. The SMILES string of the molecule is N#Cc1cccc(CN(CCCO)C(c2ccccc2)c2ccccc2)c1. The van der Waals surface area contributed by atoms with Gasteiger partial charge in [0.1, 0.15) is 0 Å². The van der Waals surface area contributed by atoms with E-state index in [-0.39, 0.29) is 12.6 Å². The van der Waals surface area contributed by atoms with Crippen LogP contribution in [0.15, 0.2) is 84.9 Å². The Morgan fingerprint density at radius 3 is 2.04 bits per heavy atom. The van der Waals surface area contributed by atoms with Crippen LogP contribution in [0.2, 0.25) is 0 Å². The van der Waals surface area contributed by atoms with Gasteiger partial charge in [-0.3, -0.25) is 4.90 Å². The van der Waals surface area contributed by atoms with Crippen molar-refractivity contribution in [1.29, 1.82) is 5.26 Å². The van der Waals surface area contributed by atoms with Gasteiger partial charge >= 0.3 is 0 Å². The Kier molecular flexibility index (Phi) is 6.76. The maximum Gasteiger partial charge on any atom is 0.0991 e. The third-order valence-corrected chi connectivity index (χ3v) is 4.64. The van der Waals surface area contributed by atoms with Crippen LogP contribution in [0.3, 0.4) is 0 Å². The molecule has 0 radical (unpaired) electrons. The second-order valence-electron chi connectivity index (χ2n) is 6.58. The van der Waals surface area contributed by atoms with Gasteiger partial charge in [-0.1, -0.05) is 72.8 Å². The van der Waals surface area contributed by atoms with E-state index in [0.717, 1.165) is 12.1 Å². The van der Waals surface area contributed by atoms with E-state index in [1.807, 2.05) is 30.3 Å². The Labute approximate surface area is 161 Å². The largest absolute Gasteiger partial charge is 0.396 e. The standard InChI is InChI=1S/C24H24N2O/c25-18-20-9-7-10-21(17-20)19-26(15-8-16-27)24(22-11-3-1-4-12-22)23-13-5-2-6-14-23/h1-7,9-14,17,24,27H,8,15-16,19H2. The van der Waals surface area contributed by atoms with Crippen LogP contribution in [0.25, 0.3) is 0 Å². The lowest BCUT2D eigenvalue weighted by molar-refractivity contribution is 0.187. The number of rotatable bonds is 8. The summed E-state index contributed by atoms with van der Waals surface area (Å²) < 4.78 is 0. The molecule has 0 bridgehead atoms. The molecule has 3 rings (SSSR count). The fourth-order valence-electron chi connectivity index (χ4n) is 3.43. The predicted octanol–water partition coefficient (Wildman–Crippen LogP) is 4.53. The molecule has 3 aromatic carbocycles. The van der Waals surface area contributed by atoms with Crippen LogP contribution in [-0.2, 0) is 6.54 Å². The van der Waals surface area contributed by atoms with Gasteiger partial charge in [-0.25, -0.2) is 0 Å². The van der Waals surface area contributed by atoms with Crippen LogP contribution >= 0.6 is 0 Å². The summed E-state index contributed by atoms with van der Waals surface area (Å²) in [5.74, 6) is 0. The molecular weight excluding hydrogens is 332 g/mol. The number of benzene rings is 3. The van der Waals surface area contributed by atoms with E-state index >= 15 is 0 Å². The monoisotopic (exact) mass is 356 g/mol. The summed E-state index contributed by atoms with van der Waals surface area (Å²) >= 11 is 0. The van der Waals surface area contributed by atoms with Crippen LogP contribution in [0.1, 0.15) is 34.7 Å². The van der Waals surface area contributed by atoms with Crippen molar-refractivity contribution in [2.75, 3.05) is 13.2 Å². The maximum absolute atomic E-state index is 9.42. The molecule has 1 N–H and O–H groups in total. The molecule has 0 aliphatic rings. The van der Waals surface area contributed by atoms with Gasteiger partial charge in [-0.15, -0.1) is 0 Å². The first-order valence-electron chi connectivity index (χ1n) is 9.25. The zero-order valence-electron chi connectivity index (χ0n) is 15.3. The van der Waals surface area contributed by atoms with Gasteiger partial charge in [0, 0.05) is 19.7 Å². The Hall–Kier alpha value is -2.93. The lowest BCUT2D eigenvalue weighted by Crippen LogP contribution is -2.31. The van der Waals surface area contributed by atoms with E-state index in [2.05, 4.69) is 65.6 Å². The minimum absolute atomic E-state index is 0.0877. The predicted molar refractivity (Wildman–Crippen MR) is 108 cm³/mol. The highest BCUT2D eigenvalue weighted by Gasteiger charge is 2.22. The first-order valence-corrected chi connectivity index (χ1v) is 9.25. The van der Waals surface area contributed by atoms with E-state index in [1.54, 1.807) is 0 Å². The van der Waals surface area contributed by atoms with E-state index in [4.69, 9.17) is 0 Å². The van der Waals surface area contributed by atoms with E-state index in [9.17, 15) is 10.4 Å². The number of nitrogens with zero attached hydrogens (tertiary/aromatic N) is 2. The summed E-state index contributed by atoms with van der Waals surface area (Å²) in [7, 11) is 0. The highest BCUT2D eigenvalue weighted by atomic mass is 16.3. The smallest absolute Gasteiger partial charge is 0.0991 e. The molecule has 0 aromatic heterocycles. The fraction of sp³-hybridized carbons (Fsp3) is 0.208. The normalized spacial score (nSPS) is 10.9. The summed E-state index contributed by atoms with van der Waals surface area (Å²) in [6, 6.07) is 31.0. The highest BCUT2D eigenvalue weighted by molar-refractivity contribution is 5.35. The summed E-state index contributed by atoms with van der Waals surface area (Å²) in [5.41, 5.74) is 4.21. The van der Waals surface area contributed by atoms with Crippen LogP contribution in [0, 0.1) is 11.3 Å². The Bertz CT molecular complexity index is 832. The van der Waals surface area contributed by atoms with Crippen molar-refractivity contribution in [3.05, 3.63) is 107 Å². The minimum Gasteiger partial charge on any atom is -0.396 e. The van der Waals surface area contributed by atoms with Gasteiger partial charge in [0.05, 0.1) is 17.7 Å². The lowest BCUT2D eigenvalue weighted by Gasteiger charge is -2.33. The highest BCUT2D eigenvalue weighted by Crippen LogP contribution is 2.30. The average molecular weight is 356 g/mol.